The molecule has 2 N–H and O–H groups in total. The number of anilines is 1. The molecule has 34 heavy (non-hydrogen) atoms. The van der Waals surface area contributed by atoms with Crippen LogP contribution in [0.25, 0.3) is 0 Å². The number of amides is 1. The molecule has 11 nitrogen and oxygen atoms in total. The topological polar surface area (TPSA) is 152 Å². The molecule has 2 atom stereocenters. The van der Waals surface area contributed by atoms with Crippen molar-refractivity contribution in [3.05, 3.63) is 87.1 Å². The Bertz CT molecular complexity index is 1450. The third-order valence-corrected chi connectivity index (χ3v) is 5.70. The second-order valence-corrected chi connectivity index (χ2v) is 7.83. The lowest BCUT2D eigenvalue weighted by Gasteiger charge is -2.27. The molecular weight excluding hydrogens is 462 g/mol. The number of aromatic hydroxyl groups is 1. The SMILES string of the molecule is C[C@@H](c1nc(C(=O)Nc2cnoc2)c(O)c(=O)n1C)[C@@H](c1ccccc1Cl)n1nccc1C#N. The van der Waals surface area contributed by atoms with E-state index in [9.17, 15) is 20.0 Å². The number of aromatic nitrogens is 5. The van der Waals surface area contributed by atoms with Crippen LogP contribution in [0.15, 0.2) is 58.3 Å². The van der Waals surface area contributed by atoms with E-state index in [-0.39, 0.29) is 17.2 Å². The van der Waals surface area contributed by atoms with Crippen molar-refractivity contribution in [3.63, 3.8) is 0 Å². The molecule has 12 heteroatoms. The Hall–Kier alpha value is -4.43. The van der Waals surface area contributed by atoms with Crippen molar-refractivity contribution in [2.75, 3.05) is 5.32 Å². The molecule has 4 aromatic rings. The predicted molar refractivity (Wildman–Crippen MR) is 121 cm³/mol. The molecule has 3 aromatic heterocycles. The number of carbonyl (C=O) groups is 1. The van der Waals surface area contributed by atoms with Crippen LogP contribution in [0.4, 0.5) is 5.69 Å². The fraction of sp³-hybridized carbons (Fsp3) is 0.182. The fourth-order valence-corrected chi connectivity index (χ4v) is 3.97. The van der Waals surface area contributed by atoms with Crippen LogP contribution in [0.5, 0.6) is 5.75 Å². The maximum Gasteiger partial charge on any atom is 0.296 e. The van der Waals surface area contributed by atoms with Gasteiger partial charge in [0.05, 0.1) is 18.4 Å². The average molecular weight is 480 g/mol. The van der Waals surface area contributed by atoms with Gasteiger partial charge in [-0.3, -0.25) is 14.2 Å². The van der Waals surface area contributed by atoms with Crippen LogP contribution >= 0.6 is 11.6 Å². The predicted octanol–water partition coefficient (Wildman–Crippen LogP) is 2.84. The van der Waals surface area contributed by atoms with E-state index in [1.54, 1.807) is 37.3 Å². The van der Waals surface area contributed by atoms with Crippen molar-refractivity contribution in [2.45, 2.75) is 18.9 Å². The summed E-state index contributed by atoms with van der Waals surface area (Å²) in [5.41, 5.74) is -0.150. The van der Waals surface area contributed by atoms with Gasteiger partial charge in [-0.05, 0) is 17.7 Å². The Labute approximate surface area is 197 Å². The number of halogens is 1. The minimum atomic E-state index is -0.821. The van der Waals surface area contributed by atoms with Gasteiger partial charge in [0, 0.05) is 18.0 Å². The number of carbonyl (C=O) groups excluding carboxylic acids is 1. The summed E-state index contributed by atoms with van der Waals surface area (Å²) in [6.07, 6.45) is 3.93. The zero-order valence-corrected chi connectivity index (χ0v) is 18.8. The van der Waals surface area contributed by atoms with Crippen LogP contribution in [0.2, 0.25) is 5.02 Å². The van der Waals surface area contributed by atoms with E-state index in [2.05, 4.69) is 31.1 Å². The lowest BCUT2D eigenvalue weighted by atomic mass is 9.93. The smallest absolute Gasteiger partial charge is 0.296 e. The highest BCUT2D eigenvalue weighted by Crippen LogP contribution is 2.37. The Balaban J connectivity index is 1.86. The second-order valence-electron chi connectivity index (χ2n) is 7.43. The first-order valence-electron chi connectivity index (χ1n) is 10.0. The summed E-state index contributed by atoms with van der Waals surface area (Å²) >= 11 is 6.49. The molecule has 0 aliphatic heterocycles. The number of rotatable bonds is 6. The number of hydrogen-bond acceptors (Lipinski definition) is 8. The van der Waals surface area contributed by atoms with E-state index < -0.39 is 34.9 Å². The van der Waals surface area contributed by atoms with Gasteiger partial charge in [-0.1, -0.05) is 41.9 Å². The molecule has 0 unspecified atom stereocenters. The first kappa shape index (κ1) is 22.8. The van der Waals surface area contributed by atoms with E-state index in [1.165, 1.54) is 30.4 Å². The van der Waals surface area contributed by atoms with Gasteiger partial charge in [0.1, 0.15) is 29.5 Å². The van der Waals surface area contributed by atoms with E-state index in [4.69, 9.17) is 11.6 Å². The summed E-state index contributed by atoms with van der Waals surface area (Å²) in [5.74, 6) is -2.08. The molecule has 1 aromatic carbocycles. The summed E-state index contributed by atoms with van der Waals surface area (Å²) in [5, 5.41) is 30.6. The fourth-order valence-electron chi connectivity index (χ4n) is 3.72. The summed E-state index contributed by atoms with van der Waals surface area (Å²) in [6.45, 7) is 1.76. The highest BCUT2D eigenvalue weighted by Gasteiger charge is 2.32. The van der Waals surface area contributed by atoms with Crippen LogP contribution in [0, 0.1) is 11.3 Å². The monoisotopic (exact) mass is 479 g/mol. The molecule has 4 rings (SSSR count). The molecule has 3 heterocycles. The van der Waals surface area contributed by atoms with Crippen LogP contribution in [0.3, 0.4) is 0 Å². The van der Waals surface area contributed by atoms with Crippen LogP contribution < -0.4 is 10.9 Å². The van der Waals surface area contributed by atoms with Crippen LogP contribution in [0.1, 0.15) is 46.5 Å². The third kappa shape index (κ3) is 4.02. The highest BCUT2D eigenvalue weighted by molar-refractivity contribution is 6.31. The van der Waals surface area contributed by atoms with Gasteiger partial charge in [-0.2, -0.15) is 10.4 Å². The summed E-state index contributed by atoms with van der Waals surface area (Å²) in [7, 11) is 1.43. The molecule has 0 spiro atoms. The van der Waals surface area contributed by atoms with Crippen molar-refractivity contribution in [3.8, 4) is 11.8 Å². The molecule has 0 bridgehead atoms. The largest absolute Gasteiger partial charge is 0.501 e. The molecule has 0 fully saturated rings. The van der Waals surface area contributed by atoms with Gasteiger partial charge in [0.25, 0.3) is 11.5 Å². The maximum atomic E-state index is 12.8. The third-order valence-electron chi connectivity index (χ3n) is 5.36. The first-order chi connectivity index (χ1) is 16.3. The molecule has 0 saturated carbocycles. The molecule has 0 aliphatic carbocycles. The quantitative estimate of drug-likeness (QED) is 0.428. The number of nitrogens with zero attached hydrogens (tertiary/aromatic N) is 6. The van der Waals surface area contributed by atoms with Gasteiger partial charge in [-0.25, -0.2) is 9.67 Å². The lowest BCUT2D eigenvalue weighted by Crippen LogP contribution is -2.31. The molecule has 1 amide bonds. The Morgan fingerprint density at radius 1 is 1.32 bits per heavy atom. The zero-order valence-electron chi connectivity index (χ0n) is 18.0. The minimum Gasteiger partial charge on any atom is -0.501 e. The summed E-state index contributed by atoms with van der Waals surface area (Å²) in [4.78, 5) is 29.9. The molecule has 0 radical (unpaired) electrons. The van der Waals surface area contributed by atoms with Crippen molar-refractivity contribution in [1.82, 2.24) is 24.5 Å². The van der Waals surface area contributed by atoms with Gasteiger partial charge in [0.2, 0.25) is 5.75 Å². The summed E-state index contributed by atoms with van der Waals surface area (Å²) < 4.78 is 7.32. The standard InChI is InChI=1S/C22H18ClN7O4/c1-12(18(15-5-3-4-6-16(15)23)30-14(9-24)7-8-25-30)20-28-17(19(31)22(33)29(20)2)21(32)27-13-10-26-34-11-13/h3-8,10-12,18,31H,1-2H3,(H,27,32)/t12-,18+/m1/s1. The van der Waals surface area contributed by atoms with Gasteiger partial charge in [-0.15, -0.1) is 0 Å². The van der Waals surface area contributed by atoms with Crippen LogP contribution in [-0.2, 0) is 7.05 Å². The highest BCUT2D eigenvalue weighted by atomic mass is 35.5. The Morgan fingerprint density at radius 3 is 2.76 bits per heavy atom. The second kappa shape index (κ2) is 9.21. The summed E-state index contributed by atoms with van der Waals surface area (Å²) in [6, 6.07) is 10.0. The van der Waals surface area contributed by atoms with E-state index in [0.29, 0.717) is 10.6 Å². The Morgan fingerprint density at radius 2 is 2.09 bits per heavy atom. The molecular formula is C22H18ClN7O4. The first-order valence-corrected chi connectivity index (χ1v) is 10.4. The molecule has 0 saturated heterocycles. The van der Waals surface area contributed by atoms with Crippen molar-refractivity contribution in [1.29, 1.82) is 5.26 Å². The lowest BCUT2D eigenvalue weighted by molar-refractivity contribution is 0.101. The zero-order chi connectivity index (χ0) is 24.4. The molecule has 0 aliphatic rings. The van der Waals surface area contributed by atoms with E-state index in [1.807, 2.05) is 0 Å². The number of nitrogens with one attached hydrogen (secondary N) is 1. The Kier molecular flexibility index (Phi) is 6.16. The average Bonchev–Trinajstić information content (AvgIpc) is 3.51. The van der Waals surface area contributed by atoms with Gasteiger partial charge >= 0.3 is 0 Å². The maximum absolute atomic E-state index is 12.8. The van der Waals surface area contributed by atoms with Gasteiger partial charge in [0.15, 0.2) is 5.69 Å². The van der Waals surface area contributed by atoms with E-state index in [0.717, 1.165) is 4.57 Å². The number of benzene rings is 1. The number of nitriles is 1. The van der Waals surface area contributed by atoms with Gasteiger partial charge < -0.3 is 14.9 Å². The van der Waals surface area contributed by atoms with E-state index >= 15 is 0 Å². The van der Waals surface area contributed by atoms with Crippen molar-refractivity contribution < 1.29 is 14.4 Å². The van der Waals surface area contributed by atoms with Crippen molar-refractivity contribution >= 4 is 23.2 Å². The van der Waals surface area contributed by atoms with Crippen LogP contribution in [-0.4, -0.2) is 35.5 Å². The number of hydrogen-bond donors (Lipinski definition) is 2. The normalized spacial score (nSPS) is 12.6. The molecule has 172 valence electrons. The minimum absolute atomic E-state index is 0.169. The van der Waals surface area contributed by atoms with Crippen molar-refractivity contribution in [2.24, 2.45) is 7.05 Å².